The lowest BCUT2D eigenvalue weighted by atomic mass is 10.2. The highest BCUT2D eigenvalue weighted by molar-refractivity contribution is 9.10. The molecule has 0 spiro atoms. The van der Waals surface area contributed by atoms with E-state index in [1.807, 2.05) is 18.4 Å². The van der Waals surface area contributed by atoms with Crippen molar-refractivity contribution in [3.8, 4) is 0 Å². The number of aromatic nitrogens is 1. The Balaban J connectivity index is 2.14. The van der Waals surface area contributed by atoms with Gasteiger partial charge in [0, 0.05) is 15.6 Å². The van der Waals surface area contributed by atoms with Crippen LogP contribution in [0.15, 0.2) is 39.3 Å². The molecule has 2 aromatic heterocycles. The van der Waals surface area contributed by atoms with Crippen molar-refractivity contribution in [3.05, 3.63) is 39.1 Å². The van der Waals surface area contributed by atoms with Crippen molar-refractivity contribution in [2.75, 3.05) is 11.6 Å². The number of pyridine rings is 1. The fourth-order valence-electron chi connectivity index (χ4n) is 1.61. The third kappa shape index (κ3) is 3.55. The molecule has 0 aliphatic heterocycles. The van der Waals surface area contributed by atoms with Gasteiger partial charge in [-0.3, -0.25) is 0 Å². The molecule has 2 rings (SSSR count). The van der Waals surface area contributed by atoms with Gasteiger partial charge in [0.15, 0.2) is 14.9 Å². The van der Waals surface area contributed by atoms with Crippen molar-refractivity contribution < 1.29 is 8.42 Å². The van der Waals surface area contributed by atoms with Crippen LogP contribution in [0.3, 0.4) is 0 Å². The fourth-order valence-corrected chi connectivity index (χ4v) is 3.90. The van der Waals surface area contributed by atoms with Gasteiger partial charge in [0.2, 0.25) is 0 Å². The highest BCUT2D eigenvalue weighted by Crippen LogP contribution is 2.30. The number of nitrogens with zero attached hydrogens (tertiary/aromatic N) is 1. The fraction of sp³-hybridized carbons (Fsp3) is 0.250. The van der Waals surface area contributed by atoms with Crippen molar-refractivity contribution in [1.29, 1.82) is 0 Å². The summed E-state index contributed by atoms with van der Waals surface area (Å²) >= 11 is 5.15. The van der Waals surface area contributed by atoms with E-state index in [0.29, 0.717) is 0 Å². The second-order valence-electron chi connectivity index (χ2n) is 4.16. The number of hydrogen-bond acceptors (Lipinski definition) is 5. The molecule has 0 aromatic carbocycles. The molecule has 1 unspecified atom stereocenters. The average molecular weight is 361 g/mol. The van der Waals surface area contributed by atoms with Gasteiger partial charge in [-0.1, -0.05) is 0 Å². The van der Waals surface area contributed by atoms with Gasteiger partial charge in [0.25, 0.3) is 0 Å². The lowest BCUT2D eigenvalue weighted by molar-refractivity contribution is 0.598. The Labute approximate surface area is 124 Å². The summed E-state index contributed by atoms with van der Waals surface area (Å²) in [7, 11) is -3.24. The molecule has 0 aliphatic rings. The van der Waals surface area contributed by atoms with E-state index < -0.39 is 9.84 Å². The maximum atomic E-state index is 11.3. The first-order valence-electron chi connectivity index (χ1n) is 5.53. The molecule has 0 bridgehead atoms. The lowest BCUT2D eigenvalue weighted by Crippen LogP contribution is -2.07. The van der Waals surface area contributed by atoms with Gasteiger partial charge in [-0.25, -0.2) is 13.4 Å². The summed E-state index contributed by atoms with van der Waals surface area (Å²) in [4.78, 5) is 5.14. The van der Waals surface area contributed by atoms with Crippen LogP contribution < -0.4 is 5.32 Å². The molecule has 2 aromatic rings. The van der Waals surface area contributed by atoms with E-state index in [9.17, 15) is 8.42 Å². The Hall–Kier alpha value is -0.920. The number of sulfone groups is 1. The predicted molar refractivity (Wildman–Crippen MR) is 81.4 cm³/mol. The summed E-state index contributed by atoms with van der Waals surface area (Å²) in [5, 5.41) is 5.39. The molecule has 2 heterocycles. The maximum Gasteiger partial charge on any atom is 0.192 e. The van der Waals surface area contributed by atoms with Crippen LogP contribution in [0.5, 0.6) is 0 Å². The molecule has 102 valence electrons. The summed E-state index contributed by atoms with van der Waals surface area (Å²) < 4.78 is 23.7. The Kier molecular flexibility index (Phi) is 4.27. The first-order valence-corrected chi connectivity index (χ1v) is 9.10. The van der Waals surface area contributed by atoms with Gasteiger partial charge in [-0.2, -0.15) is 0 Å². The number of nitrogens with one attached hydrogen (secondary N) is 1. The molecule has 7 heteroatoms. The van der Waals surface area contributed by atoms with E-state index in [1.54, 1.807) is 17.4 Å². The molecule has 0 saturated heterocycles. The van der Waals surface area contributed by atoms with Gasteiger partial charge < -0.3 is 5.32 Å². The average Bonchev–Trinajstić information content (AvgIpc) is 2.75. The number of halogens is 1. The predicted octanol–water partition coefficient (Wildman–Crippen LogP) is 3.48. The molecule has 0 radical (unpaired) electrons. The number of thiophene rings is 1. The van der Waals surface area contributed by atoms with Crippen LogP contribution in [0.2, 0.25) is 0 Å². The normalized spacial score (nSPS) is 13.2. The third-order valence-electron chi connectivity index (χ3n) is 2.54. The zero-order valence-electron chi connectivity index (χ0n) is 10.4. The van der Waals surface area contributed by atoms with E-state index in [4.69, 9.17) is 0 Å². The van der Waals surface area contributed by atoms with Crippen molar-refractivity contribution in [3.63, 3.8) is 0 Å². The molecule has 0 saturated carbocycles. The Morgan fingerprint density at radius 3 is 2.58 bits per heavy atom. The van der Waals surface area contributed by atoms with Crippen molar-refractivity contribution in [2.45, 2.75) is 18.0 Å². The van der Waals surface area contributed by atoms with Crippen LogP contribution in [0, 0.1) is 0 Å². The molecular weight excluding hydrogens is 348 g/mol. The van der Waals surface area contributed by atoms with Gasteiger partial charge in [-0.05, 0) is 46.4 Å². The topological polar surface area (TPSA) is 59.1 Å². The van der Waals surface area contributed by atoms with Crippen molar-refractivity contribution >= 4 is 42.8 Å². The zero-order chi connectivity index (χ0) is 14.0. The second kappa shape index (κ2) is 5.60. The van der Waals surface area contributed by atoms with Crippen LogP contribution in [-0.4, -0.2) is 19.7 Å². The SMILES string of the molecule is CC(Nc1ccc(S(C)(=O)=O)nc1)c1sccc1Br. The Morgan fingerprint density at radius 1 is 1.37 bits per heavy atom. The number of hydrogen-bond donors (Lipinski definition) is 1. The quantitative estimate of drug-likeness (QED) is 0.906. The van der Waals surface area contributed by atoms with Gasteiger partial charge in [-0.15, -0.1) is 11.3 Å². The van der Waals surface area contributed by atoms with Gasteiger partial charge >= 0.3 is 0 Å². The molecule has 4 nitrogen and oxygen atoms in total. The minimum Gasteiger partial charge on any atom is -0.376 e. The third-order valence-corrected chi connectivity index (χ3v) is 5.59. The Bertz CT molecular complexity index is 665. The van der Waals surface area contributed by atoms with E-state index in [2.05, 4.69) is 26.2 Å². The van der Waals surface area contributed by atoms with Crippen LogP contribution >= 0.6 is 27.3 Å². The summed E-state index contributed by atoms with van der Waals surface area (Å²) in [5.74, 6) is 0. The highest BCUT2D eigenvalue weighted by atomic mass is 79.9. The molecule has 1 N–H and O–H groups in total. The largest absolute Gasteiger partial charge is 0.376 e. The summed E-state index contributed by atoms with van der Waals surface area (Å²) in [6.07, 6.45) is 2.68. The van der Waals surface area contributed by atoms with Crippen molar-refractivity contribution in [1.82, 2.24) is 4.98 Å². The van der Waals surface area contributed by atoms with Crippen LogP contribution in [0.4, 0.5) is 5.69 Å². The van der Waals surface area contributed by atoms with E-state index >= 15 is 0 Å². The zero-order valence-corrected chi connectivity index (χ0v) is 13.6. The minimum absolute atomic E-state index is 0.0861. The van der Waals surface area contributed by atoms with Gasteiger partial charge in [0.05, 0.1) is 17.9 Å². The van der Waals surface area contributed by atoms with Crippen molar-refractivity contribution in [2.24, 2.45) is 0 Å². The smallest absolute Gasteiger partial charge is 0.192 e. The first-order chi connectivity index (χ1) is 8.88. The first kappa shape index (κ1) is 14.5. The lowest BCUT2D eigenvalue weighted by Gasteiger charge is -2.14. The monoisotopic (exact) mass is 360 g/mol. The number of rotatable bonds is 4. The highest BCUT2D eigenvalue weighted by Gasteiger charge is 2.12. The molecule has 0 fully saturated rings. The molecule has 0 aliphatic carbocycles. The summed E-state index contributed by atoms with van der Waals surface area (Å²) in [6, 6.07) is 5.36. The molecule has 19 heavy (non-hydrogen) atoms. The van der Waals surface area contributed by atoms with Crippen LogP contribution in [0.1, 0.15) is 17.8 Å². The Morgan fingerprint density at radius 2 is 2.11 bits per heavy atom. The molecule has 1 atom stereocenters. The second-order valence-corrected chi connectivity index (χ2v) is 7.92. The summed E-state index contributed by atoms with van der Waals surface area (Å²) in [5.41, 5.74) is 0.792. The molecule has 0 amide bonds. The minimum atomic E-state index is -3.24. The maximum absolute atomic E-state index is 11.3. The number of anilines is 1. The van der Waals surface area contributed by atoms with E-state index in [-0.39, 0.29) is 11.1 Å². The van der Waals surface area contributed by atoms with E-state index in [0.717, 1.165) is 16.4 Å². The van der Waals surface area contributed by atoms with Gasteiger partial charge in [0.1, 0.15) is 0 Å². The van der Waals surface area contributed by atoms with E-state index in [1.165, 1.54) is 17.1 Å². The van der Waals surface area contributed by atoms with Crippen LogP contribution in [-0.2, 0) is 9.84 Å². The standard InChI is InChI=1S/C12H13BrN2O2S2/c1-8(12-10(13)5-6-18-12)15-9-3-4-11(14-7-9)19(2,16)17/h3-8,15H,1-2H3. The van der Waals surface area contributed by atoms with Crippen LogP contribution in [0.25, 0.3) is 0 Å². The summed E-state index contributed by atoms with van der Waals surface area (Å²) in [6.45, 7) is 2.04. The molecular formula is C12H13BrN2O2S2.